The molecule has 1 saturated heterocycles. The van der Waals surface area contributed by atoms with Crippen molar-refractivity contribution in [2.24, 2.45) is 0 Å². The summed E-state index contributed by atoms with van der Waals surface area (Å²) in [6.45, 7) is 6.34. The van der Waals surface area contributed by atoms with Gasteiger partial charge in [0.05, 0.1) is 35.7 Å². The largest absolute Gasteiger partial charge is 0.494 e. The van der Waals surface area contributed by atoms with E-state index in [2.05, 4.69) is 48.4 Å². The number of nitrogens with one attached hydrogen (secondary N) is 2. The monoisotopic (exact) mass is 692 g/mol. The summed E-state index contributed by atoms with van der Waals surface area (Å²) < 4.78 is 11.8. The molecule has 3 heterocycles. The Morgan fingerprint density at radius 1 is 1.02 bits per heavy atom. The Labute approximate surface area is 265 Å². The number of amides is 2. The highest BCUT2D eigenvalue weighted by Gasteiger charge is 2.26. The summed E-state index contributed by atoms with van der Waals surface area (Å²) in [5.41, 5.74) is 2.30. The SMILES string of the molecule is CCN1CCN(C(=O)c2ccc(Nc3ncnc4c(C(=O)Nc5c(Cl)c(OC)c(Br)c(OC)c5Cl)csc34)cc2)CC1. The molecule has 2 amide bonds. The molecule has 0 bridgehead atoms. The number of rotatable bonds is 8. The molecule has 42 heavy (non-hydrogen) atoms. The van der Waals surface area contributed by atoms with Gasteiger partial charge in [-0.15, -0.1) is 11.3 Å². The van der Waals surface area contributed by atoms with Crippen molar-refractivity contribution < 1.29 is 19.1 Å². The molecule has 1 aliphatic heterocycles. The number of aromatic nitrogens is 2. The van der Waals surface area contributed by atoms with Gasteiger partial charge in [-0.05, 0) is 46.7 Å². The molecule has 0 radical (unpaired) electrons. The molecule has 2 aromatic heterocycles. The van der Waals surface area contributed by atoms with Crippen LogP contribution in [0.3, 0.4) is 0 Å². The summed E-state index contributed by atoms with van der Waals surface area (Å²) in [5.74, 6) is 0.621. The normalized spacial score (nSPS) is 13.7. The molecule has 10 nitrogen and oxygen atoms in total. The maximum Gasteiger partial charge on any atom is 0.258 e. The van der Waals surface area contributed by atoms with E-state index in [1.165, 1.54) is 31.9 Å². The van der Waals surface area contributed by atoms with Crippen LogP contribution in [0.4, 0.5) is 17.2 Å². The van der Waals surface area contributed by atoms with Gasteiger partial charge in [0.25, 0.3) is 11.8 Å². The minimum atomic E-state index is -0.469. The first-order chi connectivity index (χ1) is 20.3. The van der Waals surface area contributed by atoms with E-state index in [0.29, 0.717) is 31.6 Å². The maximum atomic E-state index is 13.4. The smallest absolute Gasteiger partial charge is 0.258 e. The van der Waals surface area contributed by atoms with Crippen molar-refractivity contribution in [3.8, 4) is 11.5 Å². The summed E-state index contributed by atoms with van der Waals surface area (Å²) >= 11 is 17.7. The highest BCUT2D eigenvalue weighted by atomic mass is 79.9. The standard InChI is InChI=1S/C28H27BrCl2N6O4S/c1-4-36-9-11-37(12-10-36)28(39)15-5-7-16(8-6-15)34-26-25-21(32-14-33-26)17(13-42-25)27(38)35-22-19(30)23(40-2)18(29)24(41-3)20(22)31/h5-8,13-14H,4,9-12H2,1-3H3,(H,35,38)(H,32,33,34). The fourth-order valence-corrected chi connectivity index (χ4v) is 7.22. The summed E-state index contributed by atoms with van der Waals surface area (Å²) in [5, 5.41) is 7.97. The third-order valence-electron chi connectivity index (χ3n) is 6.98. The van der Waals surface area contributed by atoms with Crippen molar-refractivity contribution in [1.29, 1.82) is 0 Å². The minimum absolute atomic E-state index is 0.0249. The average Bonchev–Trinajstić information content (AvgIpc) is 3.45. The fourth-order valence-electron chi connectivity index (χ4n) is 4.65. The average molecular weight is 694 g/mol. The van der Waals surface area contributed by atoms with E-state index in [4.69, 9.17) is 32.7 Å². The second-order valence-corrected chi connectivity index (χ2v) is 11.7. The van der Waals surface area contributed by atoms with Crippen molar-refractivity contribution in [1.82, 2.24) is 19.8 Å². The highest BCUT2D eigenvalue weighted by Crippen LogP contribution is 2.50. The molecule has 2 aromatic carbocycles. The van der Waals surface area contributed by atoms with Crippen LogP contribution in [0.15, 0.2) is 40.4 Å². The Morgan fingerprint density at radius 2 is 1.67 bits per heavy atom. The van der Waals surface area contributed by atoms with Gasteiger partial charge in [0.15, 0.2) is 17.3 Å². The molecule has 0 atom stereocenters. The first kappa shape index (κ1) is 30.3. The van der Waals surface area contributed by atoms with Gasteiger partial charge >= 0.3 is 0 Å². The van der Waals surface area contributed by atoms with Gasteiger partial charge in [0.1, 0.15) is 20.8 Å². The van der Waals surface area contributed by atoms with E-state index >= 15 is 0 Å². The van der Waals surface area contributed by atoms with Crippen LogP contribution in [0.5, 0.6) is 11.5 Å². The molecule has 5 rings (SSSR count). The lowest BCUT2D eigenvalue weighted by atomic mass is 10.1. The van der Waals surface area contributed by atoms with E-state index in [-0.39, 0.29) is 33.1 Å². The van der Waals surface area contributed by atoms with Crippen molar-refractivity contribution in [3.05, 3.63) is 61.6 Å². The predicted molar refractivity (Wildman–Crippen MR) is 170 cm³/mol. The number of anilines is 3. The number of halogens is 3. The first-order valence-electron chi connectivity index (χ1n) is 13.0. The van der Waals surface area contributed by atoms with Crippen LogP contribution in [-0.2, 0) is 0 Å². The van der Waals surface area contributed by atoms with Crippen LogP contribution in [-0.4, -0.2) is 78.5 Å². The van der Waals surface area contributed by atoms with Gasteiger partial charge < -0.3 is 29.9 Å². The molecule has 0 spiro atoms. The van der Waals surface area contributed by atoms with Crippen LogP contribution in [0.2, 0.25) is 10.0 Å². The van der Waals surface area contributed by atoms with Gasteiger partial charge in [-0.2, -0.15) is 0 Å². The Morgan fingerprint density at radius 3 is 2.26 bits per heavy atom. The van der Waals surface area contributed by atoms with Crippen molar-refractivity contribution in [2.45, 2.75) is 6.92 Å². The Kier molecular flexibility index (Phi) is 9.38. The summed E-state index contributed by atoms with van der Waals surface area (Å²) in [4.78, 5) is 39.3. The molecule has 0 unspecified atom stereocenters. The Hall–Kier alpha value is -3.16. The molecule has 0 saturated carbocycles. The van der Waals surface area contributed by atoms with Crippen LogP contribution in [0, 0.1) is 0 Å². The lowest BCUT2D eigenvalue weighted by Gasteiger charge is -2.34. The van der Waals surface area contributed by atoms with E-state index in [9.17, 15) is 9.59 Å². The molecular formula is C28H27BrCl2N6O4S. The van der Waals surface area contributed by atoms with Crippen molar-refractivity contribution >= 4 is 89.7 Å². The number of fused-ring (bicyclic) bond motifs is 1. The number of carbonyl (C=O) groups is 2. The summed E-state index contributed by atoms with van der Waals surface area (Å²) in [6, 6.07) is 7.28. The summed E-state index contributed by atoms with van der Waals surface area (Å²) in [6.07, 6.45) is 1.38. The van der Waals surface area contributed by atoms with Gasteiger partial charge in [-0.25, -0.2) is 9.97 Å². The molecular weight excluding hydrogens is 667 g/mol. The number of nitrogens with zero attached hydrogens (tertiary/aromatic N) is 4. The summed E-state index contributed by atoms with van der Waals surface area (Å²) in [7, 11) is 2.89. The Bertz CT molecular complexity index is 1610. The lowest BCUT2D eigenvalue weighted by molar-refractivity contribution is 0.0643. The number of ether oxygens (including phenoxy) is 2. The number of hydrogen-bond donors (Lipinski definition) is 2. The van der Waals surface area contributed by atoms with Gasteiger partial charge in [0, 0.05) is 42.8 Å². The number of methoxy groups -OCH3 is 2. The van der Waals surface area contributed by atoms with Crippen LogP contribution < -0.4 is 20.1 Å². The number of hydrogen-bond acceptors (Lipinski definition) is 9. The van der Waals surface area contributed by atoms with Crippen LogP contribution in [0.25, 0.3) is 10.2 Å². The molecule has 2 N–H and O–H groups in total. The van der Waals surface area contributed by atoms with E-state index in [1.807, 2.05) is 17.0 Å². The third-order valence-corrected chi connectivity index (χ3v) is 9.40. The van der Waals surface area contributed by atoms with Crippen LogP contribution >= 0.6 is 50.5 Å². The number of carbonyl (C=O) groups excluding carboxylic acids is 2. The molecule has 220 valence electrons. The van der Waals surface area contributed by atoms with E-state index < -0.39 is 5.91 Å². The zero-order chi connectivity index (χ0) is 30.0. The van der Waals surface area contributed by atoms with Gasteiger partial charge in [0.2, 0.25) is 0 Å². The number of likely N-dealkylation sites (N-methyl/N-ethyl adjacent to an activating group) is 1. The van der Waals surface area contributed by atoms with Crippen molar-refractivity contribution in [2.75, 3.05) is 57.6 Å². The highest BCUT2D eigenvalue weighted by molar-refractivity contribution is 9.10. The van der Waals surface area contributed by atoms with Gasteiger partial charge in [-0.3, -0.25) is 9.59 Å². The van der Waals surface area contributed by atoms with Gasteiger partial charge in [-0.1, -0.05) is 30.1 Å². The quantitative estimate of drug-likeness (QED) is 0.214. The van der Waals surface area contributed by atoms with Crippen LogP contribution in [0.1, 0.15) is 27.6 Å². The second-order valence-electron chi connectivity index (χ2n) is 9.32. The predicted octanol–water partition coefficient (Wildman–Crippen LogP) is 6.55. The zero-order valence-corrected chi connectivity index (χ0v) is 26.9. The van der Waals surface area contributed by atoms with E-state index in [0.717, 1.165) is 38.4 Å². The third kappa shape index (κ3) is 5.86. The minimum Gasteiger partial charge on any atom is -0.494 e. The number of benzene rings is 2. The van der Waals surface area contributed by atoms with Crippen molar-refractivity contribution in [3.63, 3.8) is 0 Å². The molecule has 14 heteroatoms. The number of thiophene rings is 1. The molecule has 1 fully saturated rings. The molecule has 1 aliphatic rings. The Balaban J connectivity index is 1.34. The zero-order valence-electron chi connectivity index (χ0n) is 23.0. The maximum absolute atomic E-state index is 13.4. The molecule has 4 aromatic rings. The fraction of sp³-hybridized carbons (Fsp3) is 0.286. The van der Waals surface area contributed by atoms with E-state index in [1.54, 1.807) is 17.5 Å². The molecule has 0 aliphatic carbocycles. The topological polar surface area (TPSA) is 109 Å². The first-order valence-corrected chi connectivity index (χ1v) is 15.4. The lowest BCUT2D eigenvalue weighted by Crippen LogP contribution is -2.48. The second kappa shape index (κ2) is 13.0. The number of piperazine rings is 1.